The molecule has 4 heteroatoms. The molecule has 0 bridgehead atoms. The van der Waals surface area contributed by atoms with Crippen LogP contribution in [0, 0.1) is 13.8 Å². The van der Waals surface area contributed by atoms with Crippen molar-refractivity contribution in [1.82, 2.24) is 9.97 Å². The fourth-order valence-corrected chi connectivity index (χ4v) is 12.3. The minimum Gasteiger partial charge on any atom is -0.243 e. The summed E-state index contributed by atoms with van der Waals surface area (Å²) >= 11 is 3.71. The fraction of sp³-hybridized carbons (Fsp3) is 0.344. The van der Waals surface area contributed by atoms with Crippen molar-refractivity contribution in [2.75, 3.05) is 0 Å². The summed E-state index contributed by atoms with van der Waals surface area (Å²) in [6.45, 7) is 18.1. The van der Waals surface area contributed by atoms with Gasteiger partial charge in [-0.2, -0.15) is 0 Å². The molecule has 0 radical (unpaired) electrons. The van der Waals surface area contributed by atoms with E-state index in [0.717, 1.165) is 44.7 Å². The molecule has 3 aromatic heterocycles. The summed E-state index contributed by atoms with van der Waals surface area (Å²) in [5, 5.41) is 0. The van der Waals surface area contributed by atoms with Crippen molar-refractivity contribution in [3.8, 4) is 65.0 Å². The number of rotatable bonds is 17. The zero-order valence-corrected chi connectivity index (χ0v) is 41.6. The minimum atomic E-state index is 0.0482. The Morgan fingerprint density at radius 3 is 1.42 bits per heavy atom. The predicted octanol–water partition coefficient (Wildman–Crippen LogP) is 19.2. The van der Waals surface area contributed by atoms with Gasteiger partial charge in [-0.1, -0.05) is 189 Å². The number of nitrogens with zero attached hydrogens (tertiary/aromatic N) is 2. The standard InChI is InChI=1S/C61H66N2S2/c1-9-11-13-15-35-61(36-16-14-12-10-2)52-37-41(7)17-28-48(52)49-29-27-47(38-53(49)61)54-33-34-56(65-54)51-31-30-50(55-32-18-42(8)64-55)59-60(51)63-58(46-25-21-44(22-26-46)40(5)6)57(62-59)45-23-19-43(20-24-45)39(3)4/h17-34,37-40H,9-16,35-36H2,1-8H3. The first-order valence-electron chi connectivity index (χ1n) is 24.6. The van der Waals surface area contributed by atoms with Gasteiger partial charge in [0.1, 0.15) is 0 Å². The van der Waals surface area contributed by atoms with Gasteiger partial charge >= 0.3 is 0 Å². The Hall–Kier alpha value is -5.16. The molecule has 0 saturated heterocycles. The third-order valence-corrected chi connectivity index (χ3v) is 16.3. The molecule has 0 N–H and O–H groups in total. The summed E-state index contributed by atoms with van der Waals surface area (Å²) in [4.78, 5) is 16.4. The van der Waals surface area contributed by atoms with E-state index in [0.29, 0.717) is 11.8 Å². The molecule has 0 amide bonds. The molecule has 3 heterocycles. The van der Waals surface area contributed by atoms with Crippen molar-refractivity contribution in [1.29, 1.82) is 0 Å². The number of benzene rings is 5. The van der Waals surface area contributed by atoms with E-state index < -0.39 is 0 Å². The van der Waals surface area contributed by atoms with Crippen LogP contribution >= 0.6 is 22.7 Å². The highest BCUT2D eigenvalue weighted by atomic mass is 32.1. The van der Waals surface area contributed by atoms with Gasteiger partial charge in [-0.15, -0.1) is 22.7 Å². The van der Waals surface area contributed by atoms with E-state index in [-0.39, 0.29) is 5.41 Å². The van der Waals surface area contributed by atoms with Crippen LogP contribution in [0.2, 0.25) is 0 Å². The van der Waals surface area contributed by atoms with Crippen molar-refractivity contribution in [3.63, 3.8) is 0 Å². The van der Waals surface area contributed by atoms with Crippen LogP contribution in [0.1, 0.15) is 150 Å². The van der Waals surface area contributed by atoms with E-state index in [4.69, 9.17) is 9.97 Å². The summed E-state index contributed by atoms with van der Waals surface area (Å²) in [5.41, 5.74) is 19.6. The Kier molecular flexibility index (Phi) is 13.4. The molecule has 9 rings (SSSR count). The van der Waals surface area contributed by atoms with Gasteiger partial charge in [-0.25, -0.2) is 9.97 Å². The van der Waals surface area contributed by atoms with Crippen LogP contribution in [0.25, 0.3) is 76.0 Å². The van der Waals surface area contributed by atoms with Gasteiger partial charge in [0.05, 0.1) is 22.4 Å². The van der Waals surface area contributed by atoms with Gasteiger partial charge in [-0.05, 0) is 108 Å². The zero-order valence-electron chi connectivity index (χ0n) is 40.0. The molecule has 0 atom stereocenters. The molecular formula is C61H66N2S2. The molecule has 65 heavy (non-hydrogen) atoms. The van der Waals surface area contributed by atoms with Gasteiger partial charge in [0.2, 0.25) is 0 Å². The van der Waals surface area contributed by atoms with Crippen molar-refractivity contribution >= 4 is 33.7 Å². The average Bonchev–Trinajstić information content (AvgIpc) is 4.05. The van der Waals surface area contributed by atoms with Crippen LogP contribution in [-0.4, -0.2) is 9.97 Å². The maximum absolute atomic E-state index is 5.73. The smallest absolute Gasteiger partial charge is 0.0988 e. The third kappa shape index (κ3) is 8.94. The second kappa shape index (κ2) is 19.4. The number of hydrogen-bond donors (Lipinski definition) is 0. The normalized spacial score (nSPS) is 13.0. The summed E-state index contributed by atoms with van der Waals surface area (Å²) in [6, 6.07) is 46.4. The second-order valence-corrected chi connectivity index (χ2v) is 21.8. The summed E-state index contributed by atoms with van der Waals surface area (Å²) in [6.07, 6.45) is 12.7. The van der Waals surface area contributed by atoms with Gasteiger partial charge in [0.15, 0.2) is 0 Å². The predicted molar refractivity (Wildman–Crippen MR) is 284 cm³/mol. The van der Waals surface area contributed by atoms with E-state index >= 15 is 0 Å². The van der Waals surface area contributed by atoms with Crippen LogP contribution in [0.15, 0.2) is 121 Å². The van der Waals surface area contributed by atoms with E-state index in [2.05, 4.69) is 177 Å². The highest BCUT2D eigenvalue weighted by Crippen LogP contribution is 2.56. The number of thiophene rings is 2. The van der Waals surface area contributed by atoms with E-state index in [9.17, 15) is 0 Å². The van der Waals surface area contributed by atoms with Crippen LogP contribution in [0.5, 0.6) is 0 Å². The lowest BCUT2D eigenvalue weighted by Crippen LogP contribution is -2.25. The average molecular weight is 891 g/mol. The van der Waals surface area contributed by atoms with E-state index in [1.165, 1.54) is 117 Å². The lowest BCUT2D eigenvalue weighted by Gasteiger charge is -2.33. The van der Waals surface area contributed by atoms with Gasteiger partial charge in [0.25, 0.3) is 0 Å². The van der Waals surface area contributed by atoms with Crippen LogP contribution in [0.3, 0.4) is 0 Å². The largest absolute Gasteiger partial charge is 0.243 e. The minimum absolute atomic E-state index is 0.0482. The van der Waals surface area contributed by atoms with Crippen LogP contribution < -0.4 is 0 Å². The maximum Gasteiger partial charge on any atom is 0.0988 e. The highest BCUT2D eigenvalue weighted by Gasteiger charge is 2.42. The molecular weight excluding hydrogens is 825 g/mol. The summed E-state index contributed by atoms with van der Waals surface area (Å²) < 4.78 is 0. The van der Waals surface area contributed by atoms with Gasteiger partial charge in [0, 0.05) is 47.2 Å². The first-order chi connectivity index (χ1) is 31.6. The maximum atomic E-state index is 5.73. The lowest BCUT2D eigenvalue weighted by atomic mass is 9.70. The fourth-order valence-electron chi connectivity index (χ4n) is 10.3. The lowest BCUT2D eigenvalue weighted by molar-refractivity contribution is 0.401. The van der Waals surface area contributed by atoms with Crippen molar-refractivity contribution in [2.24, 2.45) is 0 Å². The Balaban J connectivity index is 1.19. The summed E-state index contributed by atoms with van der Waals surface area (Å²) in [5.74, 6) is 0.900. The Bertz CT molecular complexity index is 2910. The quantitative estimate of drug-likeness (QED) is 0.0851. The summed E-state index contributed by atoms with van der Waals surface area (Å²) in [7, 11) is 0. The molecule has 332 valence electrons. The number of unbranched alkanes of at least 4 members (excludes halogenated alkanes) is 6. The Labute approximate surface area is 397 Å². The molecule has 0 spiro atoms. The Morgan fingerprint density at radius 2 is 0.908 bits per heavy atom. The van der Waals surface area contributed by atoms with Crippen molar-refractivity contribution < 1.29 is 0 Å². The molecule has 1 aliphatic rings. The number of aryl methyl sites for hydroxylation is 2. The van der Waals surface area contributed by atoms with Gasteiger partial charge in [-0.3, -0.25) is 0 Å². The topological polar surface area (TPSA) is 25.8 Å². The number of fused-ring (bicyclic) bond motifs is 4. The monoisotopic (exact) mass is 890 g/mol. The first-order valence-corrected chi connectivity index (χ1v) is 26.2. The molecule has 1 aliphatic carbocycles. The molecule has 0 fully saturated rings. The van der Waals surface area contributed by atoms with Crippen LogP contribution in [-0.2, 0) is 5.41 Å². The van der Waals surface area contributed by atoms with Crippen molar-refractivity contribution in [2.45, 2.75) is 137 Å². The number of aromatic nitrogens is 2. The molecule has 0 unspecified atom stereocenters. The molecule has 0 saturated carbocycles. The second-order valence-electron chi connectivity index (χ2n) is 19.4. The molecule has 8 aromatic rings. The Morgan fingerprint density at radius 1 is 0.446 bits per heavy atom. The first kappa shape index (κ1) is 45.0. The number of hydrogen-bond acceptors (Lipinski definition) is 4. The van der Waals surface area contributed by atoms with E-state index in [1.807, 2.05) is 22.7 Å². The zero-order chi connectivity index (χ0) is 45.2. The highest BCUT2D eigenvalue weighted by molar-refractivity contribution is 7.19. The molecule has 2 nitrogen and oxygen atoms in total. The SMILES string of the molecule is CCCCCCC1(CCCCCC)c2cc(C)ccc2-c2ccc(-c3ccc(-c4ccc(-c5ccc(C)s5)c5nc(-c6ccc(C(C)C)cc6)c(-c6ccc(C(C)C)cc6)nc45)s3)cc21. The molecule has 0 aliphatic heterocycles. The molecule has 5 aromatic carbocycles. The van der Waals surface area contributed by atoms with Crippen molar-refractivity contribution in [3.05, 3.63) is 154 Å². The van der Waals surface area contributed by atoms with Gasteiger partial charge < -0.3 is 0 Å². The van der Waals surface area contributed by atoms with E-state index in [1.54, 1.807) is 11.1 Å². The third-order valence-electron chi connectivity index (χ3n) is 14.1. The van der Waals surface area contributed by atoms with Crippen LogP contribution in [0.4, 0.5) is 0 Å².